The normalized spacial score (nSPS) is 14.5. The lowest BCUT2D eigenvalue weighted by atomic mass is 9.97. The predicted molar refractivity (Wildman–Crippen MR) is 498 cm³/mol. The van der Waals surface area contributed by atoms with Gasteiger partial charge in [0.15, 0.2) is 11.9 Å². The lowest BCUT2D eigenvalue weighted by molar-refractivity contribution is -0.137. The van der Waals surface area contributed by atoms with Gasteiger partial charge in [0.2, 0.25) is 106 Å². The second-order valence-electron chi connectivity index (χ2n) is 34.4. The molecule has 5 rings (SSSR count). The number of fused-ring (bicyclic) bond motifs is 1. The molecule has 2 aromatic carbocycles. The molecule has 0 saturated heterocycles. The van der Waals surface area contributed by atoms with Crippen LogP contribution in [-0.2, 0) is 112 Å². The maximum Gasteiger partial charge on any atom is 0.243 e. The zero-order valence-corrected chi connectivity index (χ0v) is 77.7. The van der Waals surface area contributed by atoms with E-state index in [4.69, 9.17) is 56.7 Å². The Morgan fingerprint density at radius 3 is 1.25 bits per heavy atom. The number of hydrogen-bond donors (Lipinski definition) is 29. The van der Waals surface area contributed by atoms with Crippen LogP contribution in [0.15, 0.2) is 85.8 Å². The van der Waals surface area contributed by atoms with Gasteiger partial charge in [0.1, 0.15) is 78.5 Å². The smallest absolute Gasteiger partial charge is 0.243 e. The summed E-state index contributed by atoms with van der Waals surface area (Å²) in [7, 11) is 0. The standard InChI is InChI=1S/C87H135N31O18/c1-9-47(8)71(84(135)103-41-69(122)106-63(34-51-40-99-43-105-51)81(132)115-64(36-67(91)120)82(133)113-60(30-45(4)5)78(129)116-65(37-68(92)121)83(134)117-70(46(6)7)85(136)110-58(72(93)123)35-66(90)119)118-76(127)57(25-18-28-101-87(96)97)109-77(128)59(29-44(2)3)112-79(130)61(31-48-19-11-10-12-20-48)114-75(126)56(24-17-27-100-86(94)95)107-74(125)55(23-15-16-26-88)108-80(131)62(32-49-38-102-54-22-14-13-21-52(49)54)111-73(124)53(89)33-50-39-98-42-104-50/h10-14,19-22,38-40,42-47,53,55-65,70-71,102H,9,15-18,23-37,41,88-89H2,1-8H3,(H2,90,119)(H2,91,120)(H2,92,121)(H2,93,123)(H,98,104)(H,99,105)(H,103,135)(H,106,122)(H,107,125)(H,108,131)(H,109,128)(H,110,136)(H,111,124)(H,112,130)(H,113,133)(H,114,126)(H,115,132)(H,116,129)(H,117,134)(H,118,127)(H4,94,95,100)(H4,96,97,101)/t47-,53-,55-,56-,57-,58-,59-,60-,61-,62-,63-,64-,65-,70-,71-/m0/s1. The monoisotopic (exact) mass is 1900 g/mol. The van der Waals surface area contributed by atoms with E-state index in [9.17, 15) is 71.9 Å². The predicted octanol–water partition coefficient (Wildman–Crippen LogP) is -6.81. The van der Waals surface area contributed by atoms with Crippen LogP contribution >= 0.6 is 0 Å². The van der Waals surface area contributed by atoms with Crippen LogP contribution in [0.4, 0.5) is 0 Å². The second-order valence-corrected chi connectivity index (χ2v) is 34.4. The van der Waals surface area contributed by atoms with Crippen LogP contribution in [-0.4, -0.2) is 254 Å². The van der Waals surface area contributed by atoms with Gasteiger partial charge in [-0.15, -0.1) is 0 Å². The summed E-state index contributed by atoms with van der Waals surface area (Å²) in [4.78, 5) is 268. The van der Waals surface area contributed by atoms with Crippen molar-refractivity contribution < 1.29 is 86.3 Å². The number of amides is 18. The average molecular weight is 1900 g/mol. The third kappa shape index (κ3) is 39.6. The van der Waals surface area contributed by atoms with Gasteiger partial charge < -0.3 is 146 Å². The van der Waals surface area contributed by atoms with E-state index >= 15 is 14.4 Å². The molecule has 0 saturated carbocycles. The van der Waals surface area contributed by atoms with Crippen LogP contribution in [0.5, 0.6) is 0 Å². The number of benzene rings is 2. The molecule has 3 aromatic heterocycles. The van der Waals surface area contributed by atoms with E-state index in [1.165, 1.54) is 32.7 Å². The number of primary amides is 4. The highest BCUT2D eigenvalue weighted by atomic mass is 16.2. The number of guanidine groups is 2. The van der Waals surface area contributed by atoms with Crippen molar-refractivity contribution in [1.29, 1.82) is 10.8 Å². The van der Waals surface area contributed by atoms with Crippen molar-refractivity contribution in [2.75, 3.05) is 26.2 Å². The third-order valence-electron chi connectivity index (χ3n) is 21.7. The molecular weight excluding hydrogens is 1770 g/mol. The summed E-state index contributed by atoms with van der Waals surface area (Å²) in [6, 6.07) is -5.60. The number of carbonyl (C=O) groups is 18. The van der Waals surface area contributed by atoms with Crippen LogP contribution in [0, 0.1) is 34.5 Å². The first kappa shape index (κ1) is 112. The SMILES string of the molecule is CC[C@H](C)[C@H](NC(=O)[C@H](CCCNC(=N)N)NC(=O)[C@H](CC(C)C)NC(=O)[C@H](Cc1ccccc1)NC(=O)[C@H](CCCNC(=N)N)NC(=O)[C@H](CCCCN)NC(=O)[C@H](Cc1c[nH]c2ccccc12)NC(=O)[C@@H](N)Cc1c[nH]cn1)C(=O)NCC(=O)N[C@@H](Cc1c[nH]cn1)C(=O)N[C@@H](CC(N)=O)C(=O)N[C@@H](CC(C)C)C(=O)N[C@@H](CC(N)=O)C(=O)N[C@H](C(=O)N[C@@H](CC(N)=O)C(N)=O)C(C)C. The highest BCUT2D eigenvalue weighted by Crippen LogP contribution is 2.22. The maximum absolute atomic E-state index is 15.2. The van der Waals surface area contributed by atoms with Crippen LogP contribution in [0.25, 0.3) is 10.9 Å². The zero-order valence-electron chi connectivity index (χ0n) is 77.7. The van der Waals surface area contributed by atoms with Crippen molar-refractivity contribution >= 4 is 129 Å². The van der Waals surface area contributed by atoms with Crippen molar-refractivity contribution in [3.63, 3.8) is 0 Å². The van der Waals surface area contributed by atoms with Gasteiger partial charge in [-0.05, 0) is 105 Å². The first-order valence-electron chi connectivity index (χ1n) is 44.9. The number of nitrogens with two attached hydrogens (primary N) is 8. The van der Waals surface area contributed by atoms with E-state index in [1.54, 1.807) is 84.3 Å². The minimum Gasteiger partial charge on any atom is -0.370 e. The molecule has 0 radical (unpaired) electrons. The molecule has 0 unspecified atom stereocenters. The van der Waals surface area contributed by atoms with Crippen molar-refractivity contribution in [2.45, 2.75) is 249 Å². The number of H-pyrrole nitrogens is 3. The van der Waals surface area contributed by atoms with E-state index in [1.807, 2.05) is 24.3 Å². The quantitative estimate of drug-likeness (QED) is 0.00977. The fraction of sp³-hybridized carbons (Fsp3) is 0.540. The van der Waals surface area contributed by atoms with E-state index in [2.05, 4.69) is 110 Å². The van der Waals surface area contributed by atoms with Crippen molar-refractivity contribution in [3.8, 4) is 0 Å². The van der Waals surface area contributed by atoms with Crippen molar-refractivity contribution in [1.82, 2.24) is 110 Å². The van der Waals surface area contributed by atoms with Gasteiger partial charge >= 0.3 is 0 Å². The average Bonchev–Trinajstić information content (AvgIpc) is 1.72. The Labute approximate surface area is 786 Å². The molecular formula is C87H135N31O18. The van der Waals surface area contributed by atoms with Gasteiger partial charge in [-0.3, -0.25) is 97.1 Å². The summed E-state index contributed by atoms with van der Waals surface area (Å²) in [5, 5.41) is 57.7. The highest BCUT2D eigenvalue weighted by molar-refractivity contribution is 6.02. The number of imidazole rings is 2. The Bertz CT molecular complexity index is 4880. The molecule has 0 spiro atoms. The fourth-order valence-electron chi connectivity index (χ4n) is 14.3. The number of hydrogen-bond acceptors (Lipinski definition) is 24. The number of aromatic nitrogens is 5. The molecule has 0 aliphatic heterocycles. The van der Waals surface area contributed by atoms with Gasteiger partial charge in [-0.1, -0.05) is 110 Å². The maximum atomic E-state index is 15.2. The lowest BCUT2D eigenvalue weighted by Gasteiger charge is -2.29. The molecule has 0 aliphatic rings. The molecule has 15 atom stereocenters. The summed E-state index contributed by atoms with van der Waals surface area (Å²) in [6.07, 6.45) is 4.63. The number of rotatable bonds is 62. The summed E-state index contributed by atoms with van der Waals surface area (Å²) in [5.41, 5.74) is 47.8. The summed E-state index contributed by atoms with van der Waals surface area (Å²) < 4.78 is 0. The number of nitrogens with one attached hydrogen (secondary N) is 21. The van der Waals surface area contributed by atoms with Crippen LogP contribution in [0.3, 0.4) is 0 Å². The van der Waals surface area contributed by atoms with Crippen LogP contribution in [0.1, 0.15) is 161 Å². The summed E-state index contributed by atoms with van der Waals surface area (Å²) in [5.74, 6) is -21.0. The highest BCUT2D eigenvalue weighted by Gasteiger charge is 2.40. The molecule has 0 bridgehead atoms. The minimum absolute atomic E-state index is 0.000577. The number of nitrogens with zero attached hydrogens (tertiary/aromatic N) is 2. The molecule has 37 N–H and O–H groups in total. The first-order chi connectivity index (χ1) is 64.4. The topological polar surface area (TPSA) is 829 Å². The molecule has 0 aliphatic carbocycles. The summed E-state index contributed by atoms with van der Waals surface area (Å²) >= 11 is 0. The van der Waals surface area contributed by atoms with Crippen LogP contribution < -0.4 is 131 Å². The number of carbonyl (C=O) groups excluding carboxylic acids is 18. The van der Waals surface area contributed by atoms with Crippen LogP contribution in [0.2, 0.25) is 0 Å². The fourth-order valence-corrected chi connectivity index (χ4v) is 14.3. The Hall–Kier alpha value is -14.7. The first-order valence-corrected chi connectivity index (χ1v) is 44.9. The zero-order chi connectivity index (χ0) is 101. The van der Waals surface area contributed by atoms with Gasteiger partial charge in [-0.2, -0.15) is 0 Å². The van der Waals surface area contributed by atoms with E-state index in [0.717, 1.165) is 10.9 Å². The largest absolute Gasteiger partial charge is 0.370 e. The number of para-hydroxylation sites is 1. The number of aromatic amines is 3. The Kier molecular flexibility index (Phi) is 46.9. The lowest BCUT2D eigenvalue weighted by Crippen LogP contribution is -2.61. The molecule has 746 valence electrons. The molecule has 5 aromatic rings. The molecule has 49 nitrogen and oxygen atoms in total. The molecule has 18 amide bonds. The molecule has 49 heteroatoms. The van der Waals surface area contributed by atoms with Crippen molar-refractivity contribution in [3.05, 3.63) is 108 Å². The molecule has 0 fully saturated rings. The Morgan fingerprint density at radius 2 is 0.787 bits per heavy atom. The Balaban J connectivity index is 1.38. The van der Waals surface area contributed by atoms with Gasteiger partial charge in [0, 0.05) is 68.3 Å². The second kappa shape index (κ2) is 57.0. The van der Waals surface area contributed by atoms with E-state index in [0.29, 0.717) is 29.7 Å². The molecule has 3 heterocycles. The Morgan fingerprint density at radius 1 is 0.390 bits per heavy atom. The van der Waals surface area contributed by atoms with E-state index < -0.39 is 253 Å². The third-order valence-corrected chi connectivity index (χ3v) is 21.7. The minimum atomic E-state index is -1.90. The molecule has 136 heavy (non-hydrogen) atoms. The van der Waals surface area contributed by atoms with E-state index in [-0.39, 0.29) is 102 Å². The van der Waals surface area contributed by atoms with Gasteiger partial charge in [-0.25, -0.2) is 9.97 Å². The van der Waals surface area contributed by atoms with Gasteiger partial charge in [0.25, 0.3) is 0 Å². The van der Waals surface area contributed by atoms with Gasteiger partial charge in [0.05, 0.1) is 55.9 Å². The van der Waals surface area contributed by atoms with Crippen molar-refractivity contribution in [2.24, 2.45) is 69.5 Å². The summed E-state index contributed by atoms with van der Waals surface area (Å²) in [6.45, 7) is 12.4. The number of unbranched alkanes of at least 4 members (excludes halogenated alkanes) is 1.